The zero-order valence-electron chi connectivity index (χ0n) is 46.8. The Hall–Kier alpha value is -10.6. The normalized spacial score (nSPS) is 13.0. The van der Waals surface area contributed by atoms with Crippen molar-refractivity contribution in [2.24, 2.45) is 0 Å². The first-order valence-electron chi connectivity index (χ1n) is 29.4. The van der Waals surface area contributed by atoms with Crippen molar-refractivity contribution in [3.63, 3.8) is 0 Å². The molecule has 0 N–H and O–H groups in total. The molecule has 0 unspecified atom stereocenters. The van der Waals surface area contributed by atoms with E-state index >= 15 is 0 Å². The summed E-state index contributed by atoms with van der Waals surface area (Å²) in [5.74, 6) is 0. The Morgan fingerprint density at radius 2 is 0.698 bits per heavy atom. The number of nitrogens with zero attached hydrogens (tertiary/aromatic N) is 6. The van der Waals surface area contributed by atoms with Crippen molar-refractivity contribution in [3.05, 3.63) is 316 Å². The first-order chi connectivity index (χ1) is 42.7. The molecule has 12 aromatic carbocycles. The van der Waals surface area contributed by atoms with Crippen molar-refractivity contribution >= 4 is 155 Å². The summed E-state index contributed by atoms with van der Waals surface area (Å²) in [4.78, 5) is 17.6. The zero-order valence-corrected chi connectivity index (χ0v) is 48.5. The molecule has 13 aromatic rings. The summed E-state index contributed by atoms with van der Waals surface area (Å²) in [7, 11) is 0. The van der Waals surface area contributed by atoms with Crippen LogP contribution in [-0.4, -0.2) is 33.4 Å². The van der Waals surface area contributed by atoms with Crippen LogP contribution >= 0.6 is 0 Å². The molecule has 0 bridgehead atoms. The van der Waals surface area contributed by atoms with E-state index in [2.05, 4.69) is 328 Å². The third-order valence-electron chi connectivity index (χ3n) is 17.4. The molecule has 0 aliphatic carbocycles. The first kappa shape index (κ1) is 50.0. The molecule has 1 aromatic heterocycles. The van der Waals surface area contributed by atoms with Gasteiger partial charge in [0.05, 0.1) is 0 Å². The van der Waals surface area contributed by atoms with Crippen LogP contribution in [0.5, 0.6) is 0 Å². The summed E-state index contributed by atoms with van der Waals surface area (Å²) < 4.78 is 2.75. The Kier molecular flexibility index (Phi) is 12.0. The second-order valence-electron chi connectivity index (χ2n) is 22.2. The molecule has 17 rings (SSSR count). The van der Waals surface area contributed by atoms with Crippen molar-refractivity contribution in [1.82, 2.24) is 4.98 Å². The molecule has 5 heterocycles. The molecule has 86 heavy (non-hydrogen) atoms. The number of benzene rings is 12. The second kappa shape index (κ2) is 20.6. The van der Waals surface area contributed by atoms with Crippen molar-refractivity contribution < 1.29 is 0 Å². The molecular weight excluding hydrogens is 1110 g/mol. The molecule has 9 heteroatoms. The number of hydrogen-bond acceptors (Lipinski definition) is 6. The van der Waals surface area contributed by atoms with E-state index in [4.69, 9.17) is 4.98 Å². The molecule has 0 spiro atoms. The van der Waals surface area contributed by atoms with E-state index in [-0.39, 0.29) is 28.4 Å². The van der Waals surface area contributed by atoms with Gasteiger partial charge in [0.15, 0.2) is 0 Å². The predicted octanol–water partition coefficient (Wildman–Crippen LogP) is 14.0. The summed E-state index contributed by atoms with van der Waals surface area (Å²) in [6.45, 7) is -0.183. The van der Waals surface area contributed by atoms with Crippen LogP contribution in [0, 0.1) is 0 Å². The predicted molar refractivity (Wildman–Crippen MR) is 364 cm³/mol. The Morgan fingerprint density at radius 3 is 1.21 bits per heavy atom. The van der Waals surface area contributed by atoms with Crippen molar-refractivity contribution in [3.8, 4) is 11.3 Å². The van der Waals surface area contributed by atoms with Crippen LogP contribution in [0.2, 0.25) is 0 Å². The third kappa shape index (κ3) is 8.08. The zero-order chi connectivity index (χ0) is 56.7. The van der Waals surface area contributed by atoms with Gasteiger partial charge in [0, 0.05) is 0 Å². The molecule has 402 valence electrons. The third-order valence-corrected chi connectivity index (χ3v) is 19.8. The summed E-state index contributed by atoms with van der Waals surface area (Å²) in [5.41, 5.74) is 26.7. The van der Waals surface area contributed by atoms with Crippen LogP contribution in [0.3, 0.4) is 0 Å². The van der Waals surface area contributed by atoms with Gasteiger partial charge in [-0.2, -0.15) is 0 Å². The molecule has 4 aliphatic heterocycles. The van der Waals surface area contributed by atoms with Crippen LogP contribution in [0.4, 0.5) is 85.3 Å². The summed E-state index contributed by atoms with van der Waals surface area (Å²) in [5, 5.41) is 0. The molecule has 0 saturated heterocycles. The number of aromatic nitrogens is 1. The SMILES string of the molecule is c1ccc(N(c2ccccc2)c2cc3c4c(c2)N(c2ccccc2)c2ccccc2B4c2cc4c(cc2[Se]3)N(c2ccccc2-c2ccccn2)c2cc(N(c3ccccc3)c3ccccc3)cc3c2B4c2ccccc2N3c2ccccc2)cc1. The van der Waals surface area contributed by atoms with Crippen LogP contribution < -0.4 is 66.2 Å². The molecule has 0 saturated carbocycles. The number of pyridine rings is 1. The van der Waals surface area contributed by atoms with E-state index in [1.807, 2.05) is 12.3 Å². The first-order valence-corrected chi connectivity index (χ1v) is 31.1. The Morgan fingerprint density at radius 1 is 0.279 bits per heavy atom. The fraction of sp³-hybridized carbons (Fsp3) is 0. The molecule has 0 radical (unpaired) electrons. The molecular formula is C77H52B2N6Se. The van der Waals surface area contributed by atoms with Crippen molar-refractivity contribution in [2.45, 2.75) is 0 Å². The average molecular weight is 1160 g/mol. The molecule has 4 aliphatic rings. The van der Waals surface area contributed by atoms with E-state index in [0.717, 1.165) is 73.8 Å². The summed E-state index contributed by atoms with van der Waals surface area (Å²) >= 11 is -0.153. The van der Waals surface area contributed by atoms with Crippen molar-refractivity contribution in [2.75, 3.05) is 24.5 Å². The fourth-order valence-electron chi connectivity index (χ4n) is 13.9. The van der Waals surface area contributed by atoms with Gasteiger partial charge >= 0.3 is 512 Å². The molecule has 6 nitrogen and oxygen atoms in total. The van der Waals surface area contributed by atoms with Crippen molar-refractivity contribution in [1.29, 1.82) is 0 Å². The Balaban J connectivity index is 0.974. The summed E-state index contributed by atoms with van der Waals surface area (Å²) in [6, 6.07) is 114. The number of fused-ring (bicyclic) bond motifs is 8. The monoisotopic (exact) mass is 1160 g/mol. The molecule has 0 amide bonds. The van der Waals surface area contributed by atoms with Gasteiger partial charge in [0.1, 0.15) is 0 Å². The van der Waals surface area contributed by atoms with Gasteiger partial charge < -0.3 is 0 Å². The Bertz CT molecular complexity index is 4640. The fourth-order valence-corrected chi connectivity index (χ4v) is 16.5. The van der Waals surface area contributed by atoms with E-state index in [1.54, 1.807) is 0 Å². The maximum atomic E-state index is 5.08. The Labute approximate surface area is 508 Å². The van der Waals surface area contributed by atoms with Gasteiger partial charge in [-0.15, -0.1) is 0 Å². The maximum absolute atomic E-state index is 5.08. The van der Waals surface area contributed by atoms with Gasteiger partial charge in [-0.3, -0.25) is 0 Å². The quantitative estimate of drug-likeness (QED) is 0.127. The summed E-state index contributed by atoms with van der Waals surface area (Å²) in [6.07, 6.45) is 1.91. The minimum absolute atomic E-state index is 0.0505. The molecule has 0 atom stereocenters. The van der Waals surface area contributed by atoms with E-state index in [0.29, 0.717) is 0 Å². The van der Waals surface area contributed by atoms with Crippen LogP contribution in [0.25, 0.3) is 11.3 Å². The topological polar surface area (TPSA) is 29.1 Å². The van der Waals surface area contributed by atoms with Gasteiger partial charge in [0.2, 0.25) is 0 Å². The van der Waals surface area contributed by atoms with Gasteiger partial charge in [-0.1, -0.05) is 0 Å². The van der Waals surface area contributed by atoms with Crippen LogP contribution in [0.1, 0.15) is 0 Å². The van der Waals surface area contributed by atoms with Gasteiger partial charge in [-0.05, 0) is 0 Å². The second-order valence-corrected chi connectivity index (χ2v) is 24.5. The van der Waals surface area contributed by atoms with Crippen LogP contribution in [0.15, 0.2) is 316 Å². The van der Waals surface area contributed by atoms with Crippen LogP contribution in [-0.2, 0) is 0 Å². The van der Waals surface area contributed by atoms with E-state index in [9.17, 15) is 0 Å². The number of hydrogen-bond donors (Lipinski definition) is 0. The minimum atomic E-state index is -0.153. The number of anilines is 15. The average Bonchev–Trinajstić information content (AvgIpc) is 0.795. The standard InChI is InChI=1S/C77H52B2N6Se/c1-7-27-53(28-8-1)81(54-29-9-2-10-30-54)59-47-71-76-72(48-59)85(67-43-22-19-39-61(67)66-42-25-26-46-80-66)70-52-74-65(51-64(70)78(76)62-40-20-23-44-68(62)83(71)57-35-15-5-16-36-57)79-63-41-21-24-45-69(63)84(58-37-17-6-18-38-58)73-49-60(50-75(86-74)77(73)79)82(55-31-11-3-12-32-55)56-33-13-4-14-34-56/h1-52H. The van der Waals surface area contributed by atoms with E-state index in [1.165, 1.54) is 64.5 Å². The molecule has 0 fully saturated rings. The number of para-hydroxylation sites is 9. The number of rotatable bonds is 10. The van der Waals surface area contributed by atoms with Gasteiger partial charge in [-0.25, -0.2) is 0 Å². The van der Waals surface area contributed by atoms with Gasteiger partial charge in [0.25, 0.3) is 0 Å². The van der Waals surface area contributed by atoms with E-state index < -0.39 is 0 Å².